The number of rotatable bonds is 7. The van der Waals surface area contributed by atoms with Gasteiger partial charge in [0.05, 0.1) is 31.2 Å². The number of para-hydroxylation sites is 1. The maximum atomic E-state index is 13.0. The van der Waals surface area contributed by atoms with Crippen molar-refractivity contribution in [2.75, 3.05) is 26.6 Å². The molecular formula is C19H20N2O3S. The first-order chi connectivity index (χ1) is 12.2. The van der Waals surface area contributed by atoms with Gasteiger partial charge < -0.3 is 9.47 Å². The van der Waals surface area contributed by atoms with Crippen LogP contribution in [0.25, 0.3) is 10.9 Å². The summed E-state index contributed by atoms with van der Waals surface area (Å²) in [7, 11) is 3.30. The van der Waals surface area contributed by atoms with Crippen LogP contribution in [0.4, 0.5) is 0 Å². The van der Waals surface area contributed by atoms with Gasteiger partial charge in [0, 0.05) is 12.9 Å². The highest BCUT2D eigenvalue weighted by Gasteiger charge is 2.12. The fraction of sp³-hybridized carbons (Fsp3) is 0.263. The van der Waals surface area contributed by atoms with Crippen LogP contribution in [0.1, 0.15) is 5.56 Å². The number of hydrogen-bond donors (Lipinski definition) is 0. The number of thioether (sulfide) groups is 1. The molecule has 0 unspecified atom stereocenters. The Morgan fingerprint density at radius 1 is 1.08 bits per heavy atom. The lowest BCUT2D eigenvalue weighted by molar-refractivity contribution is 0.218. The molecule has 0 amide bonds. The lowest BCUT2D eigenvalue weighted by atomic mass is 10.2. The second-order valence-corrected chi connectivity index (χ2v) is 6.55. The van der Waals surface area contributed by atoms with Gasteiger partial charge in [-0.05, 0) is 29.8 Å². The second-order valence-electron chi connectivity index (χ2n) is 5.49. The van der Waals surface area contributed by atoms with E-state index in [0.717, 1.165) is 22.6 Å². The van der Waals surface area contributed by atoms with Crippen LogP contribution in [0.15, 0.2) is 58.5 Å². The van der Waals surface area contributed by atoms with Gasteiger partial charge in [0.15, 0.2) is 5.16 Å². The summed E-state index contributed by atoms with van der Waals surface area (Å²) < 4.78 is 12.0. The lowest BCUT2D eigenvalue weighted by Crippen LogP contribution is -2.24. The Morgan fingerprint density at radius 2 is 1.84 bits per heavy atom. The van der Waals surface area contributed by atoms with Crippen molar-refractivity contribution in [1.82, 2.24) is 9.55 Å². The molecule has 130 valence electrons. The standard InChI is InChI=1S/C19H20N2O3S/c1-23-11-12-25-19-20-17-6-4-3-5-16(17)18(22)21(19)13-14-7-9-15(24-2)10-8-14/h3-10H,11-13H2,1-2H3. The van der Waals surface area contributed by atoms with Crippen LogP contribution in [0.5, 0.6) is 5.75 Å². The molecule has 0 aliphatic rings. The summed E-state index contributed by atoms with van der Waals surface area (Å²) in [5.41, 5.74) is 1.72. The normalized spacial score (nSPS) is 11.0. The van der Waals surface area contributed by atoms with E-state index in [-0.39, 0.29) is 5.56 Å². The molecule has 0 aliphatic carbocycles. The van der Waals surface area contributed by atoms with Gasteiger partial charge in [-0.25, -0.2) is 4.98 Å². The molecule has 0 bridgehead atoms. The molecule has 0 aliphatic heterocycles. The third-order valence-electron chi connectivity index (χ3n) is 3.84. The summed E-state index contributed by atoms with van der Waals surface area (Å²) in [5, 5.41) is 1.34. The van der Waals surface area contributed by atoms with Crippen molar-refractivity contribution in [2.24, 2.45) is 0 Å². The zero-order valence-corrected chi connectivity index (χ0v) is 15.1. The second kappa shape index (κ2) is 8.18. The maximum Gasteiger partial charge on any atom is 0.262 e. The van der Waals surface area contributed by atoms with Gasteiger partial charge in [-0.15, -0.1) is 0 Å². The van der Waals surface area contributed by atoms with Crippen molar-refractivity contribution in [3.63, 3.8) is 0 Å². The lowest BCUT2D eigenvalue weighted by Gasteiger charge is -2.13. The van der Waals surface area contributed by atoms with Crippen LogP contribution in [-0.2, 0) is 11.3 Å². The Bertz CT molecular complexity index is 907. The number of hydrogen-bond acceptors (Lipinski definition) is 5. The summed E-state index contributed by atoms with van der Waals surface area (Å²) in [6.07, 6.45) is 0. The fourth-order valence-electron chi connectivity index (χ4n) is 2.53. The van der Waals surface area contributed by atoms with Crippen LogP contribution >= 0.6 is 11.8 Å². The largest absolute Gasteiger partial charge is 0.497 e. The number of aromatic nitrogens is 2. The summed E-state index contributed by atoms with van der Waals surface area (Å²) >= 11 is 1.53. The first-order valence-corrected chi connectivity index (χ1v) is 8.95. The Labute approximate surface area is 150 Å². The van der Waals surface area contributed by atoms with E-state index in [1.807, 2.05) is 48.5 Å². The van der Waals surface area contributed by atoms with E-state index in [2.05, 4.69) is 4.98 Å². The van der Waals surface area contributed by atoms with Gasteiger partial charge in [-0.3, -0.25) is 9.36 Å². The van der Waals surface area contributed by atoms with Crippen LogP contribution in [0.2, 0.25) is 0 Å². The van der Waals surface area contributed by atoms with E-state index < -0.39 is 0 Å². The first kappa shape index (κ1) is 17.5. The smallest absolute Gasteiger partial charge is 0.262 e. The summed E-state index contributed by atoms with van der Waals surface area (Å²) in [5.74, 6) is 1.53. The number of ether oxygens (including phenoxy) is 2. The average Bonchev–Trinajstić information content (AvgIpc) is 2.65. The van der Waals surface area contributed by atoms with E-state index in [1.165, 1.54) is 11.8 Å². The van der Waals surface area contributed by atoms with Crippen molar-refractivity contribution in [3.05, 3.63) is 64.4 Å². The number of fused-ring (bicyclic) bond motifs is 1. The van der Waals surface area contributed by atoms with E-state index in [1.54, 1.807) is 18.8 Å². The number of methoxy groups -OCH3 is 2. The Balaban J connectivity index is 2.01. The minimum absolute atomic E-state index is 0.0265. The minimum atomic E-state index is -0.0265. The number of benzene rings is 2. The van der Waals surface area contributed by atoms with Gasteiger partial charge in [0.2, 0.25) is 0 Å². The van der Waals surface area contributed by atoms with E-state index >= 15 is 0 Å². The zero-order valence-electron chi connectivity index (χ0n) is 14.3. The highest BCUT2D eigenvalue weighted by Crippen LogP contribution is 2.19. The molecule has 0 spiro atoms. The van der Waals surface area contributed by atoms with Gasteiger partial charge >= 0.3 is 0 Å². The van der Waals surface area contributed by atoms with Crippen molar-refractivity contribution in [3.8, 4) is 5.75 Å². The molecule has 0 N–H and O–H groups in total. The molecule has 0 fully saturated rings. The summed E-state index contributed by atoms with van der Waals surface area (Å²) in [6, 6.07) is 15.2. The molecule has 3 rings (SSSR count). The number of nitrogens with zero attached hydrogens (tertiary/aromatic N) is 2. The molecule has 6 heteroatoms. The molecule has 0 radical (unpaired) electrons. The van der Waals surface area contributed by atoms with Crippen molar-refractivity contribution < 1.29 is 9.47 Å². The van der Waals surface area contributed by atoms with Crippen LogP contribution in [0.3, 0.4) is 0 Å². The zero-order chi connectivity index (χ0) is 17.6. The van der Waals surface area contributed by atoms with Crippen molar-refractivity contribution in [1.29, 1.82) is 0 Å². The quantitative estimate of drug-likeness (QED) is 0.370. The molecule has 0 saturated carbocycles. The van der Waals surface area contributed by atoms with Crippen LogP contribution < -0.4 is 10.3 Å². The van der Waals surface area contributed by atoms with Crippen molar-refractivity contribution >= 4 is 22.7 Å². The van der Waals surface area contributed by atoms with Crippen LogP contribution in [-0.4, -0.2) is 36.1 Å². The average molecular weight is 356 g/mol. The maximum absolute atomic E-state index is 13.0. The van der Waals surface area contributed by atoms with Gasteiger partial charge in [-0.2, -0.15) is 0 Å². The SMILES string of the molecule is COCCSc1nc2ccccc2c(=O)n1Cc1ccc(OC)cc1. The predicted molar refractivity (Wildman–Crippen MR) is 101 cm³/mol. The topological polar surface area (TPSA) is 53.3 Å². The third kappa shape index (κ3) is 4.03. The molecule has 5 nitrogen and oxygen atoms in total. The Morgan fingerprint density at radius 3 is 2.56 bits per heavy atom. The van der Waals surface area contributed by atoms with Crippen LogP contribution in [0, 0.1) is 0 Å². The van der Waals surface area contributed by atoms with Crippen molar-refractivity contribution in [2.45, 2.75) is 11.7 Å². The highest BCUT2D eigenvalue weighted by atomic mass is 32.2. The van der Waals surface area contributed by atoms with E-state index in [9.17, 15) is 4.79 Å². The van der Waals surface area contributed by atoms with Gasteiger partial charge in [0.25, 0.3) is 5.56 Å². The minimum Gasteiger partial charge on any atom is -0.497 e. The molecule has 3 aromatic rings. The molecule has 25 heavy (non-hydrogen) atoms. The first-order valence-electron chi connectivity index (χ1n) is 7.97. The molecule has 0 saturated heterocycles. The molecular weight excluding hydrogens is 336 g/mol. The van der Waals surface area contributed by atoms with Gasteiger partial charge in [-0.1, -0.05) is 36.0 Å². The Hall–Kier alpha value is -2.31. The monoisotopic (exact) mass is 356 g/mol. The van der Waals surface area contributed by atoms with E-state index in [4.69, 9.17) is 9.47 Å². The summed E-state index contributed by atoms with van der Waals surface area (Å²) in [6.45, 7) is 1.08. The molecule has 2 aromatic carbocycles. The third-order valence-corrected chi connectivity index (χ3v) is 4.79. The molecule has 1 heterocycles. The van der Waals surface area contributed by atoms with E-state index in [0.29, 0.717) is 23.7 Å². The highest BCUT2D eigenvalue weighted by molar-refractivity contribution is 7.99. The Kier molecular flexibility index (Phi) is 5.73. The molecule has 1 aromatic heterocycles. The van der Waals surface area contributed by atoms with Gasteiger partial charge in [0.1, 0.15) is 5.75 Å². The fourth-order valence-corrected chi connectivity index (χ4v) is 3.43. The summed E-state index contributed by atoms with van der Waals surface area (Å²) in [4.78, 5) is 17.6. The molecule has 0 atom stereocenters. The predicted octanol–water partition coefficient (Wildman–Crippen LogP) is 3.19.